The van der Waals surface area contributed by atoms with E-state index >= 15 is 0 Å². The molecule has 0 aliphatic heterocycles. The van der Waals surface area contributed by atoms with E-state index in [1.165, 1.54) is 6.08 Å². The van der Waals surface area contributed by atoms with Crippen LogP contribution in [0, 0.1) is 0 Å². The molecule has 2 rings (SSSR count). The predicted molar refractivity (Wildman–Crippen MR) is 106 cm³/mol. The van der Waals surface area contributed by atoms with Gasteiger partial charge in [-0.3, -0.25) is 14.4 Å². The van der Waals surface area contributed by atoms with E-state index < -0.39 is 17.8 Å². The molecule has 0 bridgehead atoms. The van der Waals surface area contributed by atoms with Crippen LogP contribution in [0.5, 0.6) is 0 Å². The molecule has 7 heteroatoms. The van der Waals surface area contributed by atoms with Crippen molar-refractivity contribution in [1.29, 1.82) is 0 Å². The molecule has 0 heterocycles. The summed E-state index contributed by atoms with van der Waals surface area (Å²) in [4.78, 5) is 34.5. The van der Waals surface area contributed by atoms with Gasteiger partial charge in [-0.25, -0.2) is 5.43 Å². The molecule has 0 fully saturated rings. The van der Waals surface area contributed by atoms with Crippen LogP contribution in [-0.4, -0.2) is 35.1 Å². The van der Waals surface area contributed by atoms with Crippen molar-refractivity contribution < 1.29 is 19.5 Å². The van der Waals surface area contributed by atoms with Gasteiger partial charge < -0.3 is 10.4 Å². The number of carboxylic acid groups (broad SMARTS) is 1. The van der Waals surface area contributed by atoms with E-state index in [9.17, 15) is 14.4 Å². The lowest BCUT2D eigenvalue weighted by Crippen LogP contribution is -2.34. The molecule has 2 aromatic rings. The topological polar surface area (TPSA) is 108 Å². The molecule has 0 radical (unpaired) electrons. The highest BCUT2D eigenvalue weighted by Gasteiger charge is 2.08. The SMILES string of the molecule is O=C(O)CCC(=NNC(=O)CNC(=O)/C=C/c1ccccc1)c1ccccc1. The van der Waals surface area contributed by atoms with Crippen LogP contribution < -0.4 is 10.7 Å². The molecule has 0 aliphatic carbocycles. The summed E-state index contributed by atoms with van der Waals surface area (Å²) < 4.78 is 0. The lowest BCUT2D eigenvalue weighted by Gasteiger charge is -2.07. The fourth-order valence-electron chi connectivity index (χ4n) is 2.25. The summed E-state index contributed by atoms with van der Waals surface area (Å²) in [5.74, 6) is -1.87. The van der Waals surface area contributed by atoms with Crippen molar-refractivity contribution in [3.63, 3.8) is 0 Å². The standard InChI is InChI=1S/C21H21N3O4/c25-19(13-11-16-7-3-1-4-8-16)22-15-20(26)24-23-18(12-14-21(27)28)17-9-5-2-6-10-17/h1-11,13H,12,14-15H2,(H,22,25)(H,24,26)(H,27,28)/b13-11+,23-18?. The van der Waals surface area contributed by atoms with Gasteiger partial charge in [-0.1, -0.05) is 60.7 Å². The van der Waals surface area contributed by atoms with Crippen molar-refractivity contribution in [3.05, 3.63) is 77.9 Å². The molecule has 0 spiro atoms. The van der Waals surface area contributed by atoms with Crippen molar-refractivity contribution in [3.8, 4) is 0 Å². The van der Waals surface area contributed by atoms with E-state index in [1.54, 1.807) is 30.3 Å². The van der Waals surface area contributed by atoms with E-state index in [2.05, 4.69) is 15.8 Å². The molecule has 28 heavy (non-hydrogen) atoms. The number of hydrazone groups is 1. The van der Waals surface area contributed by atoms with E-state index in [0.29, 0.717) is 5.71 Å². The minimum absolute atomic E-state index is 0.107. The van der Waals surface area contributed by atoms with E-state index in [-0.39, 0.29) is 19.4 Å². The number of benzene rings is 2. The molecule has 0 atom stereocenters. The van der Waals surface area contributed by atoms with Gasteiger partial charge in [0.05, 0.1) is 18.7 Å². The predicted octanol–water partition coefficient (Wildman–Crippen LogP) is 2.20. The van der Waals surface area contributed by atoms with Gasteiger partial charge in [0, 0.05) is 12.5 Å². The third kappa shape index (κ3) is 7.65. The number of carbonyl (C=O) groups is 3. The second-order valence-electron chi connectivity index (χ2n) is 5.82. The fraction of sp³-hybridized carbons (Fsp3) is 0.143. The van der Waals surface area contributed by atoms with Crippen molar-refractivity contribution in [2.45, 2.75) is 12.8 Å². The average molecular weight is 379 g/mol. The monoisotopic (exact) mass is 379 g/mol. The Morgan fingerprint density at radius 2 is 1.57 bits per heavy atom. The van der Waals surface area contributed by atoms with Crippen LogP contribution in [0.2, 0.25) is 0 Å². The third-order valence-electron chi connectivity index (χ3n) is 3.65. The Morgan fingerprint density at radius 1 is 0.929 bits per heavy atom. The van der Waals surface area contributed by atoms with Crippen LogP contribution in [0.25, 0.3) is 6.08 Å². The first kappa shape index (κ1) is 20.6. The smallest absolute Gasteiger partial charge is 0.303 e. The molecule has 2 amide bonds. The van der Waals surface area contributed by atoms with Gasteiger partial charge in [-0.15, -0.1) is 0 Å². The zero-order chi connectivity index (χ0) is 20.2. The Bertz CT molecular complexity index is 862. The van der Waals surface area contributed by atoms with Gasteiger partial charge in [0.25, 0.3) is 5.91 Å². The number of carbonyl (C=O) groups excluding carboxylic acids is 2. The Labute approximate surface area is 162 Å². The zero-order valence-electron chi connectivity index (χ0n) is 15.2. The van der Waals surface area contributed by atoms with Crippen molar-refractivity contribution in [1.82, 2.24) is 10.7 Å². The van der Waals surface area contributed by atoms with Gasteiger partial charge >= 0.3 is 5.97 Å². The van der Waals surface area contributed by atoms with Crippen LogP contribution in [-0.2, 0) is 14.4 Å². The van der Waals surface area contributed by atoms with Gasteiger partial charge in [0.1, 0.15) is 0 Å². The maximum Gasteiger partial charge on any atom is 0.303 e. The maximum atomic E-state index is 11.9. The second-order valence-corrected chi connectivity index (χ2v) is 5.82. The van der Waals surface area contributed by atoms with Crippen LogP contribution in [0.1, 0.15) is 24.0 Å². The average Bonchev–Trinajstić information content (AvgIpc) is 2.72. The van der Waals surface area contributed by atoms with E-state index in [0.717, 1.165) is 11.1 Å². The molecule has 144 valence electrons. The highest BCUT2D eigenvalue weighted by molar-refractivity contribution is 6.02. The minimum Gasteiger partial charge on any atom is -0.481 e. The largest absolute Gasteiger partial charge is 0.481 e. The first-order valence-electron chi connectivity index (χ1n) is 8.68. The molecular weight excluding hydrogens is 358 g/mol. The molecule has 0 aliphatic rings. The summed E-state index contributed by atoms with van der Waals surface area (Å²) in [6.07, 6.45) is 3.05. The van der Waals surface area contributed by atoms with E-state index in [4.69, 9.17) is 5.11 Å². The number of nitrogens with zero attached hydrogens (tertiary/aromatic N) is 1. The maximum absolute atomic E-state index is 11.9. The van der Waals surface area contributed by atoms with Gasteiger partial charge in [-0.2, -0.15) is 5.10 Å². The number of aliphatic carboxylic acids is 1. The lowest BCUT2D eigenvalue weighted by molar-refractivity contribution is -0.136. The highest BCUT2D eigenvalue weighted by atomic mass is 16.4. The van der Waals surface area contributed by atoms with Gasteiger partial charge in [-0.05, 0) is 17.2 Å². The molecule has 0 saturated heterocycles. The number of hydrogen-bond donors (Lipinski definition) is 3. The van der Waals surface area contributed by atoms with Gasteiger partial charge in [0.2, 0.25) is 5.91 Å². The minimum atomic E-state index is -0.951. The normalized spacial score (nSPS) is 11.2. The summed E-state index contributed by atoms with van der Waals surface area (Å²) in [6.45, 7) is -0.248. The molecule has 3 N–H and O–H groups in total. The molecule has 2 aromatic carbocycles. The van der Waals surface area contributed by atoms with Crippen LogP contribution in [0.3, 0.4) is 0 Å². The number of hydrogen-bond acceptors (Lipinski definition) is 4. The first-order valence-corrected chi connectivity index (χ1v) is 8.68. The second kappa shape index (κ2) is 11.1. The number of amides is 2. The van der Waals surface area contributed by atoms with Gasteiger partial charge in [0.15, 0.2) is 0 Å². The highest BCUT2D eigenvalue weighted by Crippen LogP contribution is 2.06. The molecular formula is C21H21N3O4. The van der Waals surface area contributed by atoms with Crippen molar-refractivity contribution in [2.24, 2.45) is 5.10 Å². The van der Waals surface area contributed by atoms with Crippen molar-refractivity contribution in [2.75, 3.05) is 6.54 Å². The van der Waals surface area contributed by atoms with Crippen LogP contribution in [0.15, 0.2) is 71.8 Å². The van der Waals surface area contributed by atoms with Crippen LogP contribution >= 0.6 is 0 Å². The van der Waals surface area contributed by atoms with Crippen LogP contribution in [0.4, 0.5) is 0 Å². The number of nitrogens with one attached hydrogen (secondary N) is 2. The summed E-state index contributed by atoms with van der Waals surface area (Å²) in [5, 5.41) is 15.4. The van der Waals surface area contributed by atoms with E-state index in [1.807, 2.05) is 36.4 Å². The summed E-state index contributed by atoms with van der Waals surface area (Å²) in [7, 11) is 0. The number of carboxylic acids is 1. The summed E-state index contributed by atoms with van der Waals surface area (Å²) in [5.41, 5.74) is 4.40. The Balaban J connectivity index is 1.87. The Morgan fingerprint density at radius 3 is 2.21 bits per heavy atom. The molecule has 0 unspecified atom stereocenters. The quantitative estimate of drug-likeness (QED) is 0.353. The zero-order valence-corrected chi connectivity index (χ0v) is 15.2. The first-order chi connectivity index (χ1) is 13.5. The summed E-state index contributed by atoms with van der Waals surface area (Å²) in [6, 6.07) is 18.3. The number of rotatable bonds is 9. The molecule has 7 nitrogen and oxygen atoms in total. The Hall–Kier alpha value is -3.74. The Kier molecular flexibility index (Phi) is 8.14. The molecule has 0 aromatic heterocycles. The molecule has 0 saturated carbocycles. The lowest BCUT2D eigenvalue weighted by atomic mass is 10.1. The van der Waals surface area contributed by atoms with Crippen molar-refractivity contribution >= 4 is 29.6 Å². The summed E-state index contributed by atoms with van der Waals surface area (Å²) >= 11 is 0. The third-order valence-corrected chi connectivity index (χ3v) is 3.65. The fourth-order valence-corrected chi connectivity index (χ4v) is 2.25.